The summed E-state index contributed by atoms with van der Waals surface area (Å²) in [6.07, 6.45) is -3.16. The van der Waals surface area contributed by atoms with Crippen LogP contribution in [0.2, 0.25) is 0 Å². The Bertz CT molecular complexity index is 735. The Morgan fingerprint density at radius 2 is 1.93 bits per heavy atom. The van der Waals surface area contributed by atoms with Crippen molar-refractivity contribution in [2.24, 2.45) is 12.0 Å². The number of hydrogen-bond donors (Lipinski definition) is 2. The van der Waals surface area contributed by atoms with Gasteiger partial charge in [-0.1, -0.05) is 30.3 Å². The highest BCUT2D eigenvalue weighted by molar-refractivity contribution is 14.0. The molecule has 0 aliphatic carbocycles. The number of nitrogens with zero attached hydrogens (tertiary/aromatic N) is 3. The highest BCUT2D eigenvalue weighted by atomic mass is 127. The summed E-state index contributed by atoms with van der Waals surface area (Å²) in [7, 11) is 1.45. The van der Waals surface area contributed by atoms with Crippen LogP contribution in [0.4, 0.5) is 13.2 Å². The first-order valence-electron chi connectivity index (χ1n) is 8.63. The summed E-state index contributed by atoms with van der Waals surface area (Å²) >= 11 is 0. The van der Waals surface area contributed by atoms with E-state index in [0.29, 0.717) is 32.3 Å². The molecule has 2 rings (SSSR count). The molecule has 2 N–H and O–H groups in total. The Kier molecular flexibility index (Phi) is 10.3. The zero-order chi connectivity index (χ0) is 19.7. The van der Waals surface area contributed by atoms with E-state index in [1.165, 1.54) is 13.2 Å². The van der Waals surface area contributed by atoms with Gasteiger partial charge in [0.05, 0.1) is 19.8 Å². The normalized spacial score (nSPS) is 11.8. The van der Waals surface area contributed by atoms with Gasteiger partial charge in [-0.3, -0.25) is 4.68 Å². The van der Waals surface area contributed by atoms with Gasteiger partial charge < -0.3 is 15.4 Å². The first-order valence-corrected chi connectivity index (χ1v) is 8.63. The highest BCUT2D eigenvalue weighted by Gasteiger charge is 2.36. The molecule has 0 spiro atoms. The SMILES string of the molecule is CCNC(=NCc1cn(C)nc1C(F)(F)F)NCCOCc1ccccc1.I. The van der Waals surface area contributed by atoms with E-state index in [0.717, 1.165) is 10.2 Å². The van der Waals surface area contributed by atoms with E-state index in [1.807, 2.05) is 37.3 Å². The molecule has 0 amide bonds. The zero-order valence-electron chi connectivity index (χ0n) is 15.8. The standard InChI is InChI=1S/C18H24F3N5O.HI/c1-3-22-17(23-9-10-27-13-14-7-5-4-6-8-14)24-11-15-12-26(2)25-16(15)18(19,20)21;/h4-8,12H,3,9-11,13H2,1-2H3,(H2,22,23,24);1H. The van der Waals surface area contributed by atoms with Gasteiger partial charge >= 0.3 is 6.18 Å². The lowest BCUT2D eigenvalue weighted by Crippen LogP contribution is -2.39. The largest absolute Gasteiger partial charge is 0.435 e. The first kappa shape index (κ1) is 24.2. The molecule has 1 aromatic heterocycles. The molecule has 1 heterocycles. The van der Waals surface area contributed by atoms with Gasteiger partial charge in [-0.2, -0.15) is 18.3 Å². The third-order valence-electron chi connectivity index (χ3n) is 3.58. The summed E-state index contributed by atoms with van der Waals surface area (Å²) in [5, 5.41) is 9.53. The molecule has 0 radical (unpaired) electrons. The molecule has 2 aromatic rings. The number of alkyl halides is 3. The van der Waals surface area contributed by atoms with Crippen LogP contribution in [0.1, 0.15) is 23.7 Å². The number of aryl methyl sites for hydroxylation is 1. The van der Waals surface area contributed by atoms with E-state index in [4.69, 9.17) is 4.74 Å². The van der Waals surface area contributed by atoms with Gasteiger partial charge in [-0.15, -0.1) is 24.0 Å². The Hall–Kier alpha value is -1.82. The molecule has 6 nitrogen and oxygen atoms in total. The van der Waals surface area contributed by atoms with E-state index in [9.17, 15) is 13.2 Å². The number of benzene rings is 1. The maximum Gasteiger partial charge on any atom is 0.435 e. The van der Waals surface area contributed by atoms with Crippen LogP contribution in [-0.4, -0.2) is 35.4 Å². The fourth-order valence-electron chi connectivity index (χ4n) is 2.40. The molecule has 0 aliphatic rings. The minimum atomic E-state index is -4.50. The van der Waals surface area contributed by atoms with E-state index in [-0.39, 0.29) is 36.1 Å². The van der Waals surface area contributed by atoms with Crippen molar-refractivity contribution < 1.29 is 17.9 Å². The van der Waals surface area contributed by atoms with Crippen LogP contribution in [0.3, 0.4) is 0 Å². The summed E-state index contributed by atoms with van der Waals surface area (Å²) in [4.78, 5) is 4.21. The van der Waals surface area contributed by atoms with Crippen molar-refractivity contribution in [3.63, 3.8) is 0 Å². The van der Waals surface area contributed by atoms with Crippen LogP contribution in [-0.2, 0) is 31.1 Å². The van der Waals surface area contributed by atoms with Crippen LogP contribution < -0.4 is 10.6 Å². The minimum absolute atomic E-state index is 0. The van der Waals surface area contributed by atoms with Crippen molar-refractivity contribution in [1.29, 1.82) is 0 Å². The zero-order valence-corrected chi connectivity index (χ0v) is 18.1. The third kappa shape index (κ3) is 8.05. The molecule has 0 aliphatic heterocycles. The maximum atomic E-state index is 13.0. The Morgan fingerprint density at radius 3 is 2.57 bits per heavy atom. The molecule has 0 fully saturated rings. The molecule has 0 saturated carbocycles. The Labute approximate surface area is 179 Å². The number of hydrogen-bond acceptors (Lipinski definition) is 3. The van der Waals surface area contributed by atoms with Crippen molar-refractivity contribution >= 4 is 29.9 Å². The molecule has 0 bridgehead atoms. The third-order valence-corrected chi connectivity index (χ3v) is 3.58. The summed E-state index contributed by atoms with van der Waals surface area (Å²) in [6.45, 7) is 3.78. The minimum Gasteiger partial charge on any atom is -0.375 e. The lowest BCUT2D eigenvalue weighted by atomic mass is 10.2. The fourth-order valence-corrected chi connectivity index (χ4v) is 2.40. The van der Waals surface area contributed by atoms with Crippen LogP contribution in [0.15, 0.2) is 41.5 Å². The van der Waals surface area contributed by atoms with E-state index in [1.54, 1.807) is 0 Å². The highest BCUT2D eigenvalue weighted by Crippen LogP contribution is 2.30. The number of aliphatic imine (C=N–C) groups is 1. The summed E-state index contributed by atoms with van der Waals surface area (Å²) in [6, 6.07) is 9.79. The second-order valence-corrected chi connectivity index (χ2v) is 5.83. The molecular weight excluding hydrogens is 486 g/mol. The van der Waals surface area contributed by atoms with Gasteiger partial charge in [0, 0.05) is 31.9 Å². The first-order chi connectivity index (χ1) is 12.9. The molecule has 156 valence electrons. The average Bonchev–Trinajstić information content (AvgIpc) is 3.01. The number of guanidine groups is 1. The molecule has 0 atom stereocenters. The van der Waals surface area contributed by atoms with Crippen molar-refractivity contribution in [3.05, 3.63) is 53.3 Å². The van der Waals surface area contributed by atoms with Gasteiger partial charge in [-0.25, -0.2) is 4.99 Å². The summed E-state index contributed by atoms with van der Waals surface area (Å²) < 4.78 is 45.7. The van der Waals surface area contributed by atoms with Crippen LogP contribution in [0, 0.1) is 0 Å². The number of ether oxygens (including phenoxy) is 1. The van der Waals surface area contributed by atoms with Crippen LogP contribution >= 0.6 is 24.0 Å². The smallest absolute Gasteiger partial charge is 0.375 e. The molecular formula is C18H25F3IN5O. The Morgan fingerprint density at radius 1 is 1.21 bits per heavy atom. The number of aromatic nitrogens is 2. The molecule has 1 aromatic carbocycles. The van der Waals surface area contributed by atoms with E-state index < -0.39 is 11.9 Å². The summed E-state index contributed by atoms with van der Waals surface area (Å²) in [5.74, 6) is 0.429. The lowest BCUT2D eigenvalue weighted by molar-refractivity contribution is -0.142. The van der Waals surface area contributed by atoms with Crippen molar-refractivity contribution in [3.8, 4) is 0 Å². The number of rotatable bonds is 8. The van der Waals surface area contributed by atoms with Gasteiger partial charge in [0.2, 0.25) is 0 Å². The molecule has 0 saturated heterocycles. The average molecular weight is 511 g/mol. The van der Waals surface area contributed by atoms with Gasteiger partial charge in [0.1, 0.15) is 0 Å². The van der Waals surface area contributed by atoms with Gasteiger partial charge in [0.25, 0.3) is 0 Å². The van der Waals surface area contributed by atoms with Crippen molar-refractivity contribution in [1.82, 2.24) is 20.4 Å². The fraction of sp³-hybridized carbons (Fsp3) is 0.444. The number of nitrogens with one attached hydrogen (secondary N) is 2. The molecule has 28 heavy (non-hydrogen) atoms. The maximum absolute atomic E-state index is 13.0. The van der Waals surface area contributed by atoms with E-state index >= 15 is 0 Å². The monoisotopic (exact) mass is 511 g/mol. The van der Waals surface area contributed by atoms with E-state index in [2.05, 4.69) is 20.7 Å². The van der Waals surface area contributed by atoms with Crippen molar-refractivity contribution in [2.45, 2.75) is 26.3 Å². The lowest BCUT2D eigenvalue weighted by Gasteiger charge is -2.12. The van der Waals surface area contributed by atoms with Gasteiger partial charge in [0.15, 0.2) is 11.7 Å². The van der Waals surface area contributed by atoms with Gasteiger partial charge in [-0.05, 0) is 12.5 Å². The van der Waals surface area contributed by atoms with Crippen LogP contribution in [0.5, 0.6) is 0 Å². The molecule has 10 heteroatoms. The second kappa shape index (κ2) is 11.9. The quantitative estimate of drug-likeness (QED) is 0.247. The second-order valence-electron chi connectivity index (χ2n) is 5.83. The molecule has 0 unspecified atom stereocenters. The predicted molar refractivity (Wildman–Crippen MR) is 113 cm³/mol. The topological polar surface area (TPSA) is 63.5 Å². The predicted octanol–water partition coefficient (Wildman–Crippen LogP) is 3.33. The van der Waals surface area contributed by atoms with Crippen LogP contribution in [0.25, 0.3) is 0 Å². The van der Waals surface area contributed by atoms with Crippen molar-refractivity contribution in [2.75, 3.05) is 19.7 Å². The summed E-state index contributed by atoms with van der Waals surface area (Å²) in [5.41, 5.74) is 0.202. The Balaban J connectivity index is 0.00000392. The number of halogens is 4.